The van der Waals surface area contributed by atoms with Gasteiger partial charge in [0.15, 0.2) is 0 Å². The number of nitrogens with zero attached hydrogens (tertiary/aromatic N) is 2. The maximum atomic E-state index is 12.6. The number of rotatable bonds is 3. The number of phenolic OH excluding ortho intramolecular Hbond substituents is 1. The molecule has 1 unspecified atom stereocenters. The van der Waals surface area contributed by atoms with E-state index in [-0.39, 0.29) is 18.1 Å². The molecule has 2 N–H and O–H groups in total. The molecule has 0 radical (unpaired) electrons. The maximum absolute atomic E-state index is 12.6. The van der Waals surface area contributed by atoms with Crippen LogP contribution >= 0.6 is 11.3 Å². The van der Waals surface area contributed by atoms with Gasteiger partial charge in [0.1, 0.15) is 16.8 Å². The summed E-state index contributed by atoms with van der Waals surface area (Å²) in [7, 11) is 0. The van der Waals surface area contributed by atoms with Gasteiger partial charge in [0, 0.05) is 16.9 Å². The third-order valence-electron chi connectivity index (χ3n) is 4.70. The molecule has 0 fully saturated rings. The highest BCUT2D eigenvalue weighted by molar-refractivity contribution is 7.16. The van der Waals surface area contributed by atoms with E-state index in [9.17, 15) is 15.2 Å². The van der Waals surface area contributed by atoms with Gasteiger partial charge in [-0.15, -0.1) is 11.3 Å². The summed E-state index contributed by atoms with van der Waals surface area (Å²) in [6, 6.07) is 9.06. The highest BCUT2D eigenvalue weighted by Crippen LogP contribution is 2.38. The van der Waals surface area contributed by atoms with Crippen LogP contribution in [-0.2, 0) is 22.5 Å². The Morgan fingerprint density at radius 2 is 2.15 bits per heavy atom. The largest absolute Gasteiger partial charge is 0.507 e. The molecule has 26 heavy (non-hydrogen) atoms. The van der Waals surface area contributed by atoms with Crippen molar-refractivity contribution in [2.75, 3.05) is 5.32 Å². The Bertz CT molecular complexity index is 942. The lowest BCUT2D eigenvalue weighted by Gasteiger charge is -2.10. The van der Waals surface area contributed by atoms with Gasteiger partial charge in [-0.1, -0.05) is 17.3 Å². The highest BCUT2D eigenvalue weighted by Gasteiger charge is 2.31. The quantitative estimate of drug-likeness (QED) is 0.870. The SMILES string of the molecule is N#Cc1c(NC(=O)C2CC(c3ccccc3O)=NO2)sc2c1CCCC2. The zero-order valence-electron chi connectivity index (χ0n) is 14.0. The number of phenols is 1. The predicted octanol–water partition coefficient (Wildman–Crippen LogP) is 3.34. The minimum Gasteiger partial charge on any atom is -0.507 e. The van der Waals surface area contributed by atoms with Gasteiger partial charge in [-0.25, -0.2) is 0 Å². The Balaban J connectivity index is 1.48. The van der Waals surface area contributed by atoms with E-state index in [4.69, 9.17) is 4.84 Å². The summed E-state index contributed by atoms with van der Waals surface area (Å²) < 4.78 is 0. The molecule has 0 bridgehead atoms. The molecule has 1 aromatic heterocycles. The summed E-state index contributed by atoms with van der Waals surface area (Å²) in [6.45, 7) is 0. The number of nitriles is 1. The molecule has 1 amide bonds. The van der Waals surface area contributed by atoms with E-state index >= 15 is 0 Å². The van der Waals surface area contributed by atoms with Crippen LogP contribution in [0.25, 0.3) is 0 Å². The number of nitrogens with one attached hydrogen (secondary N) is 1. The molecule has 1 atom stereocenters. The van der Waals surface area contributed by atoms with Crippen molar-refractivity contribution < 1.29 is 14.7 Å². The number of para-hydroxylation sites is 1. The summed E-state index contributed by atoms with van der Waals surface area (Å²) in [6.07, 6.45) is 3.56. The molecule has 0 saturated carbocycles. The highest BCUT2D eigenvalue weighted by atomic mass is 32.1. The van der Waals surface area contributed by atoms with Crippen molar-refractivity contribution in [1.82, 2.24) is 0 Å². The number of thiophene rings is 1. The number of fused-ring (bicyclic) bond motifs is 1. The summed E-state index contributed by atoms with van der Waals surface area (Å²) in [5.41, 5.74) is 2.76. The fraction of sp³-hybridized carbons (Fsp3) is 0.316. The minimum atomic E-state index is -0.768. The summed E-state index contributed by atoms with van der Waals surface area (Å²) >= 11 is 1.49. The first-order valence-corrected chi connectivity index (χ1v) is 9.35. The Kier molecular flexibility index (Phi) is 4.35. The lowest BCUT2D eigenvalue weighted by molar-refractivity contribution is -0.125. The van der Waals surface area contributed by atoms with Crippen molar-refractivity contribution in [3.8, 4) is 11.8 Å². The van der Waals surface area contributed by atoms with E-state index in [0.717, 1.165) is 31.2 Å². The van der Waals surface area contributed by atoms with Crippen molar-refractivity contribution in [3.63, 3.8) is 0 Å². The second kappa shape index (κ2) is 6.81. The van der Waals surface area contributed by atoms with Gasteiger partial charge in [-0.2, -0.15) is 5.26 Å². The van der Waals surface area contributed by atoms with Crippen LogP contribution in [0.5, 0.6) is 5.75 Å². The number of hydrogen-bond donors (Lipinski definition) is 2. The number of benzene rings is 1. The number of amides is 1. The maximum Gasteiger partial charge on any atom is 0.269 e. The average molecular weight is 367 g/mol. The standard InChI is InChI=1S/C19H17N3O3S/c20-10-13-11-5-2-4-8-17(11)26-19(13)21-18(24)16-9-14(22-25-16)12-6-1-3-7-15(12)23/h1,3,6-7,16,23H,2,4-5,8-9H2,(H,21,24). The van der Waals surface area contributed by atoms with Crippen molar-refractivity contribution in [1.29, 1.82) is 5.26 Å². The van der Waals surface area contributed by atoms with Crippen molar-refractivity contribution >= 4 is 28.0 Å². The number of aryl methyl sites for hydroxylation is 1. The lowest BCUT2D eigenvalue weighted by atomic mass is 9.96. The van der Waals surface area contributed by atoms with E-state index in [0.29, 0.717) is 21.8 Å². The van der Waals surface area contributed by atoms with Gasteiger partial charge in [-0.3, -0.25) is 4.79 Å². The Morgan fingerprint density at radius 3 is 2.96 bits per heavy atom. The van der Waals surface area contributed by atoms with Gasteiger partial charge in [0.25, 0.3) is 5.91 Å². The first-order valence-electron chi connectivity index (χ1n) is 8.54. The third-order valence-corrected chi connectivity index (χ3v) is 5.90. The number of hydrogen-bond acceptors (Lipinski definition) is 6. The summed E-state index contributed by atoms with van der Waals surface area (Å²) in [4.78, 5) is 19.0. The first-order chi connectivity index (χ1) is 12.7. The molecule has 1 aromatic carbocycles. The van der Waals surface area contributed by atoms with Crippen LogP contribution < -0.4 is 5.32 Å². The van der Waals surface area contributed by atoms with Crippen LogP contribution in [0.1, 0.15) is 40.8 Å². The lowest BCUT2D eigenvalue weighted by Crippen LogP contribution is -2.28. The van der Waals surface area contributed by atoms with Gasteiger partial charge in [-0.05, 0) is 43.4 Å². The number of aromatic hydroxyl groups is 1. The smallest absolute Gasteiger partial charge is 0.269 e. The number of anilines is 1. The number of oxime groups is 1. The van der Waals surface area contributed by atoms with Crippen LogP contribution in [0.3, 0.4) is 0 Å². The molecule has 1 aliphatic heterocycles. The summed E-state index contributed by atoms with van der Waals surface area (Å²) in [5.74, 6) is -0.220. The van der Waals surface area contributed by atoms with Gasteiger partial charge < -0.3 is 15.3 Å². The number of carbonyl (C=O) groups excluding carboxylic acids is 1. The fourth-order valence-corrected chi connectivity index (χ4v) is 4.60. The fourth-order valence-electron chi connectivity index (χ4n) is 3.36. The minimum absolute atomic E-state index is 0.105. The van der Waals surface area contributed by atoms with E-state index in [1.165, 1.54) is 16.2 Å². The van der Waals surface area contributed by atoms with E-state index < -0.39 is 6.10 Å². The zero-order chi connectivity index (χ0) is 18.1. The molecule has 4 rings (SSSR count). The first kappa shape index (κ1) is 16.6. The molecular formula is C19H17N3O3S. The summed E-state index contributed by atoms with van der Waals surface area (Å²) in [5, 5.41) is 26.8. The molecule has 132 valence electrons. The molecular weight excluding hydrogens is 350 g/mol. The Hall–Kier alpha value is -2.85. The normalized spacial score (nSPS) is 18.4. The van der Waals surface area contributed by atoms with Crippen molar-refractivity contribution in [2.45, 2.75) is 38.2 Å². The van der Waals surface area contributed by atoms with Crippen molar-refractivity contribution in [3.05, 3.63) is 45.8 Å². The molecule has 6 nitrogen and oxygen atoms in total. The van der Waals surface area contributed by atoms with E-state index in [1.807, 2.05) is 0 Å². The second-order valence-corrected chi connectivity index (χ2v) is 7.47. The second-order valence-electron chi connectivity index (χ2n) is 6.37. The topological polar surface area (TPSA) is 94.7 Å². The Labute approximate surface area is 154 Å². The monoisotopic (exact) mass is 367 g/mol. The van der Waals surface area contributed by atoms with Gasteiger partial charge >= 0.3 is 0 Å². The van der Waals surface area contributed by atoms with E-state index in [1.54, 1.807) is 24.3 Å². The molecule has 1 aliphatic carbocycles. The number of carbonyl (C=O) groups is 1. The molecule has 0 saturated heterocycles. The molecule has 2 aromatic rings. The van der Waals surface area contributed by atoms with Crippen LogP contribution in [0.4, 0.5) is 5.00 Å². The zero-order valence-corrected chi connectivity index (χ0v) is 14.8. The Morgan fingerprint density at radius 1 is 1.35 bits per heavy atom. The van der Waals surface area contributed by atoms with Crippen LogP contribution in [0.15, 0.2) is 29.4 Å². The van der Waals surface area contributed by atoms with Crippen LogP contribution in [0.2, 0.25) is 0 Å². The molecule has 7 heteroatoms. The van der Waals surface area contributed by atoms with Crippen LogP contribution in [0, 0.1) is 11.3 Å². The van der Waals surface area contributed by atoms with Gasteiger partial charge in [0.05, 0.1) is 11.3 Å². The third kappa shape index (κ3) is 2.93. The van der Waals surface area contributed by atoms with Crippen LogP contribution in [-0.4, -0.2) is 22.8 Å². The van der Waals surface area contributed by atoms with Crippen molar-refractivity contribution in [2.24, 2.45) is 5.16 Å². The molecule has 0 spiro atoms. The van der Waals surface area contributed by atoms with E-state index in [2.05, 4.69) is 16.5 Å². The predicted molar refractivity (Wildman–Crippen MR) is 98.4 cm³/mol. The molecule has 2 aliphatic rings. The van der Waals surface area contributed by atoms with Gasteiger partial charge in [0.2, 0.25) is 6.10 Å². The average Bonchev–Trinajstić information content (AvgIpc) is 3.26. The molecule has 2 heterocycles.